The van der Waals surface area contributed by atoms with Crippen molar-refractivity contribution in [1.82, 2.24) is 15.2 Å². The molecule has 21 heavy (non-hydrogen) atoms. The molecule has 114 valence electrons. The molecule has 6 nitrogen and oxygen atoms in total. The van der Waals surface area contributed by atoms with Crippen molar-refractivity contribution in [1.29, 1.82) is 0 Å². The number of anilines is 1. The quantitative estimate of drug-likeness (QED) is 0.864. The van der Waals surface area contributed by atoms with Crippen molar-refractivity contribution in [3.63, 3.8) is 0 Å². The lowest BCUT2D eigenvalue weighted by Gasteiger charge is -2.34. The van der Waals surface area contributed by atoms with Gasteiger partial charge in [0.1, 0.15) is 11.9 Å². The summed E-state index contributed by atoms with van der Waals surface area (Å²) >= 11 is 0. The van der Waals surface area contributed by atoms with E-state index < -0.39 is 6.04 Å². The molecule has 1 aliphatic heterocycles. The van der Waals surface area contributed by atoms with Gasteiger partial charge in [0.25, 0.3) is 5.91 Å². The van der Waals surface area contributed by atoms with E-state index in [1.807, 2.05) is 6.92 Å². The third-order valence-electron chi connectivity index (χ3n) is 3.63. The summed E-state index contributed by atoms with van der Waals surface area (Å²) in [7, 11) is 0. The van der Waals surface area contributed by atoms with E-state index in [1.54, 1.807) is 17.0 Å². The topological polar surface area (TPSA) is 88.3 Å². The smallest absolute Gasteiger partial charge is 0.254 e. The van der Waals surface area contributed by atoms with Gasteiger partial charge in [0.05, 0.1) is 0 Å². The number of nitrogens with one attached hydrogen (secondary N) is 1. The number of carbonyl (C=O) groups is 2. The number of hydrogen-bond acceptors (Lipinski definition) is 4. The maximum absolute atomic E-state index is 12.7. The average molecular weight is 290 g/mol. The zero-order valence-corrected chi connectivity index (χ0v) is 12.6. The first-order valence-corrected chi connectivity index (χ1v) is 7.42. The number of amides is 2. The van der Waals surface area contributed by atoms with E-state index in [9.17, 15) is 9.59 Å². The second-order valence-electron chi connectivity index (χ2n) is 5.24. The number of pyridine rings is 1. The third-order valence-corrected chi connectivity index (χ3v) is 3.63. The summed E-state index contributed by atoms with van der Waals surface area (Å²) in [6, 6.07) is 2.96. The molecule has 0 bridgehead atoms. The molecule has 2 amide bonds. The molecule has 0 aliphatic carbocycles. The molecule has 1 aliphatic rings. The first-order chi connectivity index (χ1) is 10.1. The highest BCUT2D eigenvalue weighted by Crippen LogP contribution is 2.16. The van der Waals surface area contributed by atoms with Crippen molar-refractivity contribution < 1.29 is 9.59 Å². The molecule has 0 aromatic carbocycles. The predicted molar refractivity (Wildman–Crippen MR) is 80.8 cm³/mol. The Labute approximate surface area is 124 Å². The van der Waals surface area contributed by atoms with Gasteiger partial charge < -0.3 is 16.0 Å². The van der Waals surface area contributed by atoms with E-state index in [1.165, 1.54) is 0 Å². The highest BCUT2D eigenvalue weighted by Gasteiger charge is 2.32. The van der Waals surface area contributed by atoms with Gasteiger partial charge >= 0.3 is 0 Å². The van der Waals surface area contributed by atoms with Crippen LogP contribution in [0.2, 0.25) is 0 Å². The van der Waals surface area contributed by atoms with Crippen molar-refractivity contribution in [2.75, 3.05) is 18.8 Å². The third kappa shape index (κ3) is 3.32. The zero-order valence-electron chi connectivity index (χ0n) is 12.6. The maximum atomic E-state index is 12.7. The number of rotatable bonds is 4. The number of nitrogens with two attached hydrogens (primary N) is 1. The lowest BCUT2D eigenvalue weighted by atomic mass is 10.1. The molecule has 0 saturated carbocycles. The Balaban J connectivity index is 2.28. The lowest BCUT2D eigenvalue weighted by Crippen LogP contribution is -2.56. The Kier molecular flexibility index (Phi) is 4.77. The van der Waals surface area contributed by atoms with Crippen LogP contribution in [0.3, 0.4) is 0 Å². The Morgan fingerprint density at radius 1 is 1.48 bits per heavy atom. The first-order valence-electron chi connectivity index (χ1n) is 7.42. The van der Waals surface area contributed by atoms with Crippen molar-refractivity contribution in [3.8, 4) is 0 Å². The first kappa shape index (κ1) is 15.3. The Morgan fingerprint density at radius 3 is 2.90 bits per heavy atom. The second kappa shape index (κ2) is 6.56. The van der Waals surface area contributed by atoms with Crippen LogP contribution in [0, 0.1) is 0 Å². The molecular weight excluding hydrogens is 268 g/mol. The van der Waals surface area contributed by atoms with Crippen molar-refractivity contribution in [3.05, 3.63) is 23.4 Å². The van der Waals surface area contributed by atoms with Crippen LogP contribution in [0.25, 0.3) is 0 Å². The summed E-state index contributed by atoms with van der Waals surface area (Å²) < 4.78 is 0. The van der Waals surface area contributed by atoms with Crippen LogP contribution < -0.4 is 11.1 Å². The molecule has 2 heterocycles. The number of hydrogen-bond donors (Lipinski definition) is 2. The zero-order chi connectivity index (χ0) is 15.4. The molecule has 1 aromatic rings. The normalized spacial score (nSPS) is 18.5. The van der Waals surface area contributed by atoms with Gasteiger partial charge in [-0.1, -0.05) is 20.3 Å². The van der Waals surface area contributed by atoms with Crippen LogP contribution in [0.15, 0.2) is 12.1 Å². The maximum Gasteiger partial charge on any atom is 0.254 e. The molecule has 3 N–H and O–H groups in total. The fourth-order valence-electron chi connectivity index (χ4n) is 2.65. The van der Waals surface area contributed by atoms with Gasteiger partial charge in [0.2, 0.25) is 5.91 Å². The van der Waals surface area contributed by atoms with E-state index in [0.717, 1.165) is 18.5 Å². The van der Waals surface area contributed by atoms with Gasteiger partial charge in [0.15, 0.2) is 0 Å². The highest BCUT2D eigenvalue weighted by atomic mass is 16.2. The fraction of sp³-hybridized carbons (Fsp3) is 0.533. The van der Waals surface area contributed by atoms with Crippen LogP contribution in [0.5, 0.6) is 0 Å². The predicted octanol–water partition coefficient (Wildman–Crippen LogP) is 0.967. The number of nitrogens with zero attached hydrogens (tertiary/aromatic N) is 2. The molecule has 0 spiro atoms. The fourth-order valence-corrected chi connectivity index (χ4v) is 2.65. The molecule has 1 saturated heterocycles. The molecule has 0 radical (unpaired) electrons. The van der Waals surface area contributed by atoms with Gasteiger partial charge in [-0.2, -0.15) is 0 Å². The van der Waals surface area contributed by atoms with E-state index in [0.29, 0.717) is 30.9 Å². The van der Waals surface area contributed by atoms with Crippen LogP contribution in [0.1, 0.15) is 42.7 Å². The lowest BCUT2D eigenvalue weighted by molar-refractivity contribution is -0.127. The Morgan fingerprint density at radius 2 is 2.24 bits per heavy atom. The average Bonchev–Trinajstić information content (AvgIpc) is 2.46. The highest BCUT2D eigenvalue weighted by molar-refractivity contribution is 5.98. The van der Waals surface area contributed by atoms with E-state index >= 15 is 0 Å². The summed E-state index contributed by atoms with van der Waals surface area (Å²) in [5.74, 6) is 0.106. The summed E-state index contributed by atoms with van der Waals surface area (Å²) in [5, 5.41) is 2.79. The molecule has 1 atom stereocenters. The molecule has 1 fully saturated rings. The van der Waals surface area contributed by atoms with E-state index in [4.69, 9.17) is 5.73 Å². The van der Waals surface area contributed by atoms with Crippen LogP contribution >= 0.6 is 0 Å². The molecule has 6 heteroatoms. The molecule has 2 rings (SSSR count). The van der Waals surface area contributed by atoms with Crippen LogP contribution in [-0.2, 0) is 11.2 Å². The van der Waals surface area contributed by atoms with Crippen molar-refractivity contribution >= 4 is 17.6 Å². The molecular formula is C15H22N4O2. The van der Waals surface area contributed by atoms with Gasteiger partial charge in [-0.05, 0) is 25.0 Å². The number of nitrogen functional groups attached to an aromatic ring is 1. The standard InChI is InChI=1S/C15H22N4O2/c1-3-5-11-8-10(9-13(16)18-11)15(21)19-7-6-17-14(20)12(19)4-2/h8-9,12H,3-7H2,1-2H3,(H2,16,18)(H,17,20). The number of aromatic nitrogens is 1. The minimum Gasteiger partial charge on any atom is -0.384 e. The van der Waals surface area contributed by atoms with E-state index in [-0.39, 0.29) is 11.8 Å². The summed E-state index contributed by atoms with van der Waals surface area (Å²) in [6.45, 7) is 4.96. The van der Waals surface area contributed by atoms with Crippen LogP contribution in [0.4, 0.5) is 5.82 Å². The summed E-state index contributed by atoms with van der Waals surface area (Å²) in [6.07, 6.45) is 2.32. The molecule has 1 unspecified atom stereocenters. The van der Waals surface area contributed by atoms with Crippen LogP contribution in [-0.4, -0.2) is 40.8 Å². The second-order valence-corrected chi connectivity index (χ2v) is 5.24. The summed E-state index contributed by atoms with van der Waals surface area (Å²) in [4.78, 5) is 30.4. The van der Waals surface area contributed by atoms with Gasteiger partial charge in [-0.25, -0.2) is 4.98 Å². The van der Waals surface area contributed by atoms with Crippen molar-refractivity contribution in [2.45, 2.75) is 39.2 Å². The Bertz CT molecular complexity index is 544. The van der Waals surface area contributed by atoms with E-state index in [2.05, 4.69) is 17.2 Å². The largest absolute Gasteiger partial charge is 0.384 e. The SMILES string of the molecule is CCCc1cc(C(=O)N2CCNC(=O)C2CC)cc(N)n1. The van der Waals surface area contributed by atoms with Gasteiger partial charge in [-0.15, -0.1) is 0 Å². The number of aryl methyl sites for hydroxylation is 1. The van der Waals surface area contributed by atoms with Gasteiger partial charge in [-0.3, -0.25) is 9.59 Å². The molecule has 1 aromatic heterocycles. The monoisotopic (exact) mass is 290 g/mol. The van der Waals surface area contributed by atoms with Crippen molar-refractivity contribution in [2.24, 2.45) is 0 Å². The minimum absolute atomic E-state index is 0.0899. The minimum atomic E-state index is -0.407. The number of carbonyl (C=O) groups excluding carboxylic acids is 2. The van der Waals surface area contributed by atoms with Gasteiger partial charge in [0, 0.05) is 24.3 Å². The number of piperazine rings is 1. The Hall–Kier alpha value is -2.11. The summed E-state index contributed by atoms with van der Waals surface area (Å²) in [5.41, 5.74) is 7.12.